The molecule has 0 spiro atoms. The van der Waals surface area contributed by atoms with Crippen LogP contribution in [-0.4, -0.2) is 28.9 Å². The Kier molecular flexibility index (Phi) is 5.48. The topological polar surface area (TPSA) is 52.6 Å². The monoisotopic (exact) mass is 382 g/mol. The Morgan fingerprint density at radius 2 is 1.64 bits per heavy atom. The molecule has 1 aromatic heterocycles. The zero-order chi connectivity index (χ0) is 20.6. The van der Waals surface area contributed by atoms with Crippen LogP contribution in [0, 0.1) is 0 Å². The molecule has 150 valence electrons. The Labute approximate surface area is 168 Å². The average molecular weight is 382 g/mol. The van der Waals surface area contributed by atoms with Crippen molar-refractivity contribution in [2.45, 2.75) is 71.8 Å². The van der Waals surface area contributed by atoms with E-state index in [1.807, 2.05) is 72.7 Å². The lowest BCUT2D eigenvalue weighted by Gasteiger charge is -2.32. The zero-order valence-electron chi connectivity index (χ0n) is 18.0. The SMILES string of the molecule is CC(C)(C)Oc1ncc(B2OC(C)(C)C(C)(C)O2)cc1NCc1ccccc1. The first-order chi connectivity index (χ1) is 13.0. The van der Waals surface area contributed by atoms with Crippen LogP contribution in [0.2, 0.25) is 0 Å². The number of nitrogens with zero attached hydrogens (tertiary/aromatic N) is 1. The second-order valence-electron chi connectivity index (χ2n) is 9.26. The Hall–Kier alpha value is -2.05. The summed E-state index contributed by atoms with van der Waals surface area (Å²) in [4.78, 5) is 4.57. The van der Waals surface area contributed by atoms with Crippen molar-refractivity contribution in [2.75, 3.05) is 5.32 Å². The van der Waals surface area contributed by atoms with Crippen LogP contribution in [0.25, 0.3) is 0 Å². The maximum atomic E-state index is 6.18. The molecule has 6 heteroatoms. The van der Waals surface area contributed by atoms with Crippen molar-refractivity contribution in [3.8, 4) is 5.88 Å². The molecule has 0 atom stereocenters. The molecule has 0 amide bonds. The van der Waals surface area contributed by atoms with E-state index in [4.69, 9.17) is 14.0 Å². The lowest BCUT2D eigenvalue weighted by atomic mass is 9.80. The van der Waals surface area contributed by atoms with Gasteiger partial charge in [-0.1, -0.05) is 30.3 Å². The van der Waals surface area contributed by atoms with Gasteiger partial charge in [-0.25, -0.2) is 4.98 Å². The van der Waals surface area contributed by atoms with Crippen LogP contribution < -0.4 is 15.5 Å². The molecule has 5 nitrogen and oxygen atoms in total. The molecule has 0 saturated carbocycles. The zero-order valence-corrected chi connectivity index (χ0v) is 18.0. The summed E-state index contributed by atoms with van der Waals surface area (Å²) >= 11 is 0. The first-order valence-corrected chi connectivity index (χ1v) is 9.79. The van der Waals surface area contributed by atoms with Crippen LogP contribution in [0.5, 0.6) is 5.88 Å². The van der Waals surface area contributed by atoms with E-state index < -0.39 is 18.3 Å². The third-order valence-corrected chi connectivity index (χ3v) is 5.13. The van der Waals surface area contributed by atoms with E-state index in [-0.39, 0.29) is 5.60 Å². The van der Waals surface area contributed by atoms with E-state index >= 15 is 0 Å². The van der Waals surface area contributed by atoms with Gasteiger partial charge in [0.05, 0.1) is 16.9 Å². The summed E-state index contributed by atoms with van der Waals surface area (Å²) in [6.07, 6.45) is 1.77. The number of hydrogen-bond donors (Lipinski definition) is 1. The molecule has 0 bridgehead atoms. The van der Waals surface area contributed by atoms with Crippen molar-refractivity contribution < 1.29 is 14.0 Å². The molecule has 1 aliphatic rings. The van der Waals surface area contributed by atoms with Gasteiger partial charge in [0.25, 0.3) is 0 Å². The standard InChI is InChI=1S/C22H31BN2O3/c1-20(2,3)26-19-18(24-14-16-11-9-8-10-12-16)13-17(15-25-19)23-27-21(4,5)22(6,7)28-23/h8-13,15,24H,14H2,1-7H3. The van der Waals surface area contributed by atoms with Gasteiger partial charge in [0.15, 0.2) is 0 Å². The third-order valence-electron chi connectivity index (χ3n) is 5.13. The second kappa shape index (κ2) is 7.41. The first-order valence-electron chi connectivity index (χ1n) is 9.79. The highest BCUT2D eigenvalue weighted by Gasteiger charge is 2.52. The van der Waals surface area contributed by atoms with Crippen molar-refractivity contribution >= 4 is 18.3 Å². The fourth-order valence-electron chi connectivity index (χ4n) is 2.87. The van der Waals surface area contributed by atoms with E-state index in [0.29, 0.717) is 12.4 Å². The minimum atomic E-state index is -0.460. The number of anilines is 1. The largest absolute Gasteiger partial charge is 0.496 e. The molecule has 2 heterocycles. The molecular weight excluding hydrogens is 351 g/mol. The van der Waals surface area contributed by atoms with Crippen LogP contribution in [-0.2, 0) is 15.9 Å². The minimum absolute atomic E-state index is 0.345. The molecule has 0 radical (unpaired) electrons. The van der Waals surface area contributed by atoms with Crippen molar-refractivity contribution in [3.05, 3.63) is 48.2 Å². The average Bonchev–Trinajstić information content (AvgIpc) is 2.81. The van der Waals surface area contributed by atoms with Crippen LogP contribution in [0.4, 0.5) is 5.69 Å². The minimum Gasteiger partial charge on any atom is -0.470 e. The van der Waals surface area contributed by atoms with Gasteiger partial charge in [0.2, 0.25) is 5.88 Å². The van der Waals surface area contributed by atoms with E-state index in [9.17, 15) is 0 Å². The van der Waals surface area contributed by atoms with Crippen LogP contribution >= 0.6 is 0 Å². The summed E-state index contributed by atoms with van der Waals surface area (Å²) in [6, 6.07) is 12.3. The Balaban J connectivity index is 1.87. The van der Waals surface area contributed by atoms with Crippen molar-refractivity contribution in [1.82, 2.24) is 4.98 Å². The predicted molar refractivity (Wildman–Crippen MR) is 114 cm³/mol. The molecule has 1 fully saturated rings. The molecule has 0 unspecified atom stereocenters. The number of rotatable bonds is 5. The molecular formula is C22H31BN2O3. The quantitative estimate of drug-likeness (QED) is 0.787. The van der Waals surface area contributed by atoms with Gasteiger partial charge in [-0.05, 0) is 60.1 Å². The van der Waals surface area contributed by atoms with Gasteiger partial charge in [-0.2, -0.15) is 0 Å². The van der Waals surface area contributed by atoms with Crippen molar-refractivity contribution in [2.24, 2.45) is 0 Å². The fraction of sp³-hybridized carbons (Fsp3) is 0.500. The number of nitrogens with one attached hydrogen (secondary N) is 1. The molecule has 1 N–H and O–H groups in total. The smallest absolute Gasteiger partial charge is 0.470 e. The normalized spacial score (nSPS) is 18.2. The van der Waals surface area contributed by atoms with Crippen molar-refractivity contribution in [1.29, 1.82) is 0 Å². The van der Waals surface area contributed by atoms with Gasteiger partial charge >= 0.3 is 7.12 Å². The summed E-state index contributed by atoms with van der Waals surface area (Å²) in [5.41, 5.74) is 1.75. The number of pyridine rings is 1. The lowest BCUT2D eigenvalue weighted by Crippen LogP contribution is -2.41. The highest BCUT2D eigenvalue weighted by molar-refractivity contribution is 6.62. The summed E-state index contributed by atoms with van der Waals surface area (Å²) in [5, 5.41) is 3.46. The Morgan fingerprint density at radius 3 is 2.21 bits per heavy atom. The maximum Gasteiger partial charge on any atom is 0.496 e. The predicted octanol–water partition coefficient (Wildman–Crippen LogP) is 4.17. The Bertz CT molecular complexity index is 800. The van der Waals surface area contributed by atoms with Crippen LogP contribution in [0.3, 0.4) is 0 Å². The van der Waals surface area contributed by atoms with Crippen molar-refractivity contribution in [3.63, 3.8) is 0 Å². The summed E-state index contributed by atoms with van der Waals surface area (Å²) in [6.45, 7) is 14.9. The summed E-state index contributed by atoms with van der Waals surface area (Å²) in [7, 11) is -0.460. The molecule has 1 aromatic carbocycles. The maximum absolute atomic E-state index is 6.18. The Morgan fingerprint density at radius 1 is 1.04 bits per heavy atom. The van der Waals surface area contributed by atoms with E-state index in [0.717, 1.165) is 11.2 Å². The number of ether oxygens (including phenoxy) is 1. The number of benzene rings is 1. The molecule has 0 aliphatic carbocycles. The van der Waals surface area contributed by atoms with E-state index in [1.54, 1.807) is 6.20 Å². The highest BCUT2D eigenvalue weighted by Crippen LogP contribution is 2.37. The van der Waals surface area contributed by atoms with E-state index in [2.05, 4.69) is 22.4 Å². The third kappa shape index (κ3) is 4.68. The molecule has 1 saturated heterocycles. The van der Waals surface area contributed by atoms with Crippen LogP contribution in [0.1, 0.15) is 54.0 Å². The highest BCUT2D eigenvalue weighted by atomic mass is 16.7. The first kappa shape index (κ1) is 20.7. The lowest BCUT2D eigenvalue weighted by molar-refractivity contribution is 0.00578. The summed E-state index contributed by atoms with van der Waals surface area (Å²) < 4.78 is 18.4. The van der Waals surface area contributed by atoms with Crippen LogP contribution in [0.15, 0.2) is 42.6 Å². The molecule has 3 rings (SSSR count). The number of aromatic nitrogens is 1. The van der Waals surface area contributed by atoms with Gasteiger partial charge in [0, 0.05) is 18.2 Å². The van der Waals surface area contributed by atoms with Gasteiger partial charge in [-0.3, -0.25) is 0 Å². The van der Waals surface area contributed by atoms with Gasteiger partial charge in [0.1, 0.15) is 5.60 Å². The van der Waals surface area contributed by atoms with E-state index in [1.165, 1.54) is 5.56 Å². The summed E-state index contributed by atoms with van der Waals surface area (Å²) in [5.74, 6) is 0.573. The second-order valence-corrected chi connectivity index (χ2v) is 9.26. The fourth-order valence-corrected chi connectivity index (χ4v) is 2.87. The van der Waals surface area contributed by atoms with Gasteiger partial charge in [-0.15, -0.1) is 0 Å². The van der Waals surface area contributed by atoms with Gasteiger partial charge < -0.3 is 19.4 Å². The molecule has 2 aromatic rings. The molecule has 28 heavy (non-hydrogen) atoms. The molecule has 1 aliphatic heterocycles. The number of hydrogen-bond acceptors (Lipinski definition) is 5.